The molecule has 2 aromatic rings. The lowest BCUT2D eigenvalue weighted by Crippen LogP contribution is -2.47. The zero-order valence-electron chi connectivity index (χ0n) is 13.2. The molecule has 2 aliphatic rings. The van der Waals surface area contributed by atoms with Gasteiger partial charge < -0.3 is 4.90 Å². The van der Waals surface area contributed by atoms with E-state index in [0.29, 0.717) is 11.6 Å². The molecule has 5 heteroatoms. The standard InChI is InChI=1S/C18H20FN3O/c1-12-10-20-21(11-12)17-8-15-6-7-16(9-17)22(15)18(23)13-2-4-14(19)5-3-13/h2-5,10-11,15-17H,6-9H2,1H3. The quantitative estimate of drug-likeness (QED) is 0.853. The summed E-state index contributed by atoms with van der Waals surface area (Å²) in [6.45, 7) is 2.05. The Kier molecular flexibility index (Phi) is 3.43. The van der Waals surface area contributed by atoms with E-state index in [1.807, 2.05) is 18.0 Å². The molecule has 2 aliphatic heterocycles. The first-order chi connectivity index (χ1) is 11.1. The number of benzene rings is 1. The normalized spacial score (nSPS) is 26.5. The number of piperidine rings is 1. The van der Waals surface area contributed by atoms with Crippen LogP contribution < -0.4 is 0 Å². The summed E-state index contributed by atoms with van der Waals surface area (Å²) in [6.07, 6.45) is 7.97. The predicted octanol–water partition coefficient (Wildman–Crippen LogP) is 3.34. The summed E-state index contributed by atoms with van der Waals surface area (Å²) in [6, 6.07) is 6.78. The maximum Gasteiger partial charge on any atom is 0.254 e. The van der Waals surface area contributed by atoms with Gasteiger partial charge in [0.05, 0.1) is 12.2 Å². The summed E-state index contributed by atoms with van der Waals surface area (Å²) >= 11 is 0. The van der Waals surface area contributed by atoms with Gasteiger partial charge in [0.15, 0.2) is 0 Å². The van der Waals surface area contributed by atoms with Crippen molar-refractivity contribution in [3.05, 3.63) is 53.6 Å². The van der Waals surface area contributed by atoms with Gasteiger partial charge in [-0.2, -0.15) is 5.10 Å². The number of nitrogens with zero attached hydrogens (tertiary/aromatic N) is 3. The molecule has 2 bridgehead atoms. The van der Waals surface area contributed by atoms with Gasteiger partial charge in [-0.1, -0.05) is 0 Å². The highest BCUT2D eigenvalue weighted by atomic mass is 19.1. The number of amides is 1. The fourth-order valence-electron chi connectivity index (χ4n) is 4.07. The van der Waals surface area contributed by atoms with E-state index in [1.165, 1.54) is 17.7 Å². The Labute approximate surface area is 134 Å². The van der Waals surface area contributed by atoms with Crippen molar-refractivity contribution in [3.8, 4) is 0 Å². The van der Waals surface area contributed by atoms with Crippen LogP contribution in [0.3, 0.4) is 0 Å². The largest absolute Gasteiger partial charge is 0.333 e. The van der Waals surface area contributed by atoms with Crippen LogP contribution in [0.2, 0.25) is 0 Å². The van der Waals surface area contributed by atoms with Gasteiger partial charge in [0.25, 0.3) is 5.91 Å². The van der Waals surface area contributed by atoms with Crippen LogP contribution in [0.4, 0.5) is 4.39 Å². The number of hydrogen-bond donors (Lipinski definition) is 0. The number of carbonyl (C=O) groups is 1. The number of carbonyl (C=O) groups excluding carboxylic acids is 1. The van der Waals surface area contributed by atoms with Crippen molar-refractivity contribution in [1.29, 1.82) is 0 Å². The summed E-state index contributed by atoms with van der Waals surface area (Å²) in [5, 5.41) is 4.45. The molecule has 0 radical (unpaired) electrons. The second-order valence-corrected chi connectivity index (χ2v) is 6.73. The minimum atomic E-state index is -0.308. The molecule has 23 heavy (non-hydrogen) atoms. The molecule has 0 saturated carbocycles. The number of aromatic nitrogens is 2. The fraction of sp³-hybridized carbons (Fsp3) is 0.444. The zero-order chi connectivity index (χ0) is 16.0. The molecule has 2 fully saturated rings. The predicted molar refractivity (Wildman–Crippen MR) is 84.6 cm³/mol. The smallest absolute Gasteiger partial charge is 0.254 e. The minimum absolute atomic E-state index is 0.0348. The van der Waals surface area contributed by atoms with Crippen LogP contribution >= 0.6 is 0 Å². The Morgan fingerprint density at radius 2 is 1.78 bits per heavy atom. The third kappa shape index (κ3) is 2.54. The average molecular weight is 313 g/mol. The fourth-order valence-corrected chi connectivity index (χ4v) is 4.07. The lowest BCUT2D eigenvalue weighted by Gasteiger charge is -2.39. The molecule has 4 nitrogen and oxygen atoms in total. The summed E-state index contributed by atoms with van der Waals surface area (Å²) < 4.78 is 15.1. The van der Waals surface area contributed by atoms with Gasteiger partial charge in [0.1, 0.15) is 5.82 Å². The molecular weight excluding hydrogens is 293 g/mol. The molecule has 4 rings (SSSR count). The van der Waals surface area contributed by atoms with E-state index in [2.05, 4.69) is 16.0 Å². The molecule has 0 N–H and O–H groups in total. The topological polar surface area (TPSA) is 38.1 Å². The minimum Gasteiger partial charge on any atom is -0.333 e. The molecule has 2 saturated heterocycles. The Morgan fingerprint density at radius 3 is 2.35 bits per heavy atom. The molecule has 1 amide bonds. The highest BCUT2D eigenvalue weighted by Crippen LogP contribution is 2.41. The van der Waals surface area contributed by atoms with E-state index in [0.717, 1.165) is 25.7 Å². The molecule has 1 aromatic heterocycles. The summed E-state index contributed by atoms with van der Waals surface area (Å²) in [7, 11) is 0. The highest BCUT2D eigenvalue weighted by Gasteiger charge is 2.44. The molecule has 120 valence electrons. The maximum absolute atomic E-state index is 13.1. The maximum atomic E-state index is 13.1. The first-order valence-corrected chi connectivity index (χ1v) is 8.21. The third-order valence-corrected chi connectivity index (χ3v) is 5.14. The molecule has 0 spiro atoms. The number of halogens is 1. The molecular formula is C18H20FN3O. The van der Waals surface area contributed by atoms with Crippen molar-refractivity contribution < 1.29 is 9.18 Å². The Morgan fingerprint density at radius 1 is 1.13 bits per heavy atom. The molecule has 3 heterocycles. The van der Waals surface area contributed by atoms with Crippen LogP contribution in [0.1, 0.15) is 47.6 Å². The van der Waals surface area contributed by atoms with E-state index < -0.39 is 0 Å². The molecule has 2 unspecified atom stereocenters. The van der Waals surface area contributed by atoms with E-state index in [4.69, 9.17) is 0 Å². The number of aryl methyl sites for hydroxylation is 1. The van der Waals surface area contributed by atoms with Gasteiger partial charge in [0.2, 0.25) is 0 Å². The highest BCUT2D eigenvalue weighted by molar-refractivity contribution is 5.94. The number of fused-ring (bicyclic) bond motifs is 2. The Bertz CT molecular complexity index is 710. The van der Waals surface area contributed by atoms with Gasteiger partial charge in [-0.15, -0.1) is 0 Å². The summed E-state index contributed by atoms with van der Waals surface area (Å²) in [4.78, 5) is 14.8. The van der Waals surface area contributed by atoms with Crippen molar-refractivity contribution in [2.24, 2.45) is 0 Å². The van der Waals surface area contributed by atoms with Crippen LogP contribution in [0, 0.1) is 12.7 Å². The summed E-state index contributed by atoms with van der Waals surface area (Å²) in [5.74, 6) is -0.273. The number of hydrogen-bond acceptors (Lipinski definition) is 2. The lowest BCUT2D eigenvalue weighted by atomic mass is 9.96. The second kappa shape index (κ2) is 5.48. The van der Waals surface area contributed by atoms with Gasteiger partial charge in [0, 0.05) is 23.8 Å². The monoisotopic (exact) mass is 313 g/mol. The lowest BCUT2D eigenvalue weighted by molar-refractivity contribution is 0.0524. The van der Waals surface area contributed by atoms with Crippen LogP contribution in [-0.4, -0.2) is 32.7 Å². The van der Waals surface area contributed by atoms with Crippen LogP contribution in [0.25, 0.3) is 0 Å². The first-order valence-electron chi connectivity index (χ1n) is 8.21. The van der Waals surface area contributed by atoms with Gasteiger partial charge >= 0.3 is 0 Å². The Balaban J connectivity index is 1.54. The molecule has 2 atom stereocenters. The van der Waals surface area contributed by atoms with Gasteiger partial charge in [-0.3, -0.25) is 9.48 Å². The van der Waals surface area contributed by atoms with Gasteiger partial charge in [-0.05, 0) is 62.4 Å². The van der Waals surface area contributed by atoms with E-state index >= 15 is 0 Å². The van der Waals surface area contributed by atoms with Crippen molar-refractivity contribution in [1.82, 2.24) is 14.7 Å². The Hall–Kier alpha value is -2.17. The first kappa shape index (κ1) is 14.4. The van der Waals surface area contributed by atoms with Gasteiger partial charge in [-0.25, -0.2) is 4.39 Å². The van der Waals surface area contributed by atoms with Crippen molar-refractivity contribution >= 4 is 5.91 Å². The van der Waals surface area contributed by atoms with Crippen molar-refractivity contribution in [3.63, 3.8) is 0 Å². The average Bonchev–Trinajstić information content (AvgIpc) is 3.08. The molecule has 1 aromatic carbocycles. The van der Waals surface area contributed by atoms with Crippen molar-refractivity contribution in [2.75, 3.05) is 0 Å². The number of rotatable bonds is 2. The third-order valence-electron chi connectivity index (χ3n) is 5.14. The summed E-state index contributed by atoms with van der Waals surface area (Å²) in [5.41, 5.74) is 1.75. The van der Waals surface area contributed by atoms with E-state index in [9.17, 15) is 9.18 Å². The zero-order valence-corrected chi connectivity index (χ0v) is 13.2. The van der Waals surface area contributed by atoms with Crippen LogP contribution in [0.5, 0.6) is 0 Å². The van der Waals surface area contributed by atoms with Crippen LogP contribution in [-0.2, 0) is 0 Å². The second-order valence-electron chi connectivity index (χ2n) is 6.73. The van der Waals surface area contributed by atoms with E-state index in [1.54, 1.807) is 12.1 Å². The van der Waals surface area contributed by atoms with Crippen LogP contribution in [0.15, 0.2) is 36.7 Å². The molecule has 0 aliphatic carbocycles. The van der Waals surface area contributed by atoms with Crippen molar-refractivity contribution in [2.45, 2.75) is 50.7 Å². The SMILES string of the molecule is Cc1cnn(C2CC3CCC(C2)N3C(=O)c2ccc(F)cc2)c1. The van der Waals surface area contributed by atoms with E-state index in [-0.39, 0.29) is 23.8 Å².